The number of H-pyrrole nitrogens is 1. The number of rotatable bonds is 1. The van der Waals surface area contributed by atoms with E-state index in [9.17, 15) is 13.2 Å². The number of nitrogens with zero attached hydrogens (tertiary/aromatic N) is 2. The van der Waals surface area contributed by atoms with E-state index in [0.717, 1.165) is 6.07 Å². The lowest BCUT2D eigenvalue weighted by Crippen LogP contribution is -2.06. The summed E-state index contributed by atoms with van der Waals surface area (Å²) < 4.78 is 38.2. The molecule has 0 unspecified atom stereocenters. The van der Waals surface area contributed by atoms with Crippen LogP contribution in [-0.4, -0.2) is 14.8 Å². The average Bonchev–Trinajstić information content (AvgIpc) is 2.69. The summed E-state index contributed by atoms with van der Waals surface area (Å²) in [6, 6.07) is 2.72. The number of aromatic amines is 1. The quantitative estimate of drug-likeness (QED) is 0.778. The van der Waals surface area contributed by atoms with Crippen molar-refractivity contribution in [3.05, 3.63) is 30.2 Å². The summed E-state index contributed by atoms with van der Waals surface area (Å²) in [5.41, 5.74) is 0.241. The molecule has 2 heterocycles. The molecular formula is C9H8F3N3. The number of aryl methyl sites for hydroxylation is 1. The second-order valence-corrected chi connectivity index (χ2v) is 3.14. The van der Waals surface area contributed by atoms with Crippen molar-refractivity contribution in [2.45, 2.75) is 6.18 Å². The van der Waals surface area contributed by atoms with Crippen LogP contribution in [0.4, 0.5) is 13.2 Å². The maximum atomic E-state index is 12.3. The van der Waals surface area contributed by atoms with Gasteiger partial charge in [0.2, 0.25) is 0 Å². The second-order valence-electron chi connectivity index (χ2n) is 3.14. The van der Waals surface area contributed by atoms with Crippen LogP contribution >= 0.6 is 0 Å². The first-order valence-electron chi connectivity index (χ1n) is 4.23. The van der Waals surface area contributed by atoms with Crippen LogP contribution in [0.5, 0.6) is 0 Å². The number of hydrogen-bond acceptors (Lipinski definition) is 1. The van der Waals surface area contributed by atoms with Gasteiger partial charge in [0, 0.05) is 25.0 Å². The second kappa shape index (κ2) is 3.15. The fraction of sp³-hybridized carbons (Fsp3) is 0.222. The van der Waals surface area contributed by atoms with Crippen molar-refractivity contribution in [3.63, 3.8) is 0 Å². The van der Waals surface area contributed by atoms with Crippen LogP contribution in [0, 0.1) is 0 Å². The van der Waals surface area contributed by atoms with Gasteiger partial charge >= 0.3 is 6.18 Å². The van der Waals surface area contributed by atoms with Gasteiger partial charge in [-0.05, 0) is 12.1 Å². The molecule has 0 fully saturated rings. The summed E-state index contributed by atoms with van der Waals surface area (Å²) in [7, 11) is 1.48. The third-order valence-corrected chi connectivity index (χ3v) is 2.06. The van der Waals surface area contributed by atoms with Gasteiger partial charge in [-0.1, -0.05) is 0 Å². The highest BCUT2D eigenvalue weighted by Gasteiger charge is 2.34. The van der Waals surface area contributed by atoms with Gasteiger partial charge in [-0.3, -0.25) is 4.68 Å². The van der Waals surface area contributed by atoms with E-state index in [1.165, 1.54) is 11.7 Å². The van der Waals surface area contributed by atoms with Crippen molar-refractivity contribution in [2.24, 2.45) is 7.05 Å². The number of alkyl halides is 3. The van der Waals surface area contributed by atoms with E-state index in [1.807, 2.05) is 0 Å². The zero-order valence-corrected chi connectivity index (χ0v) is 7.84. The SMILES string of the molecule is Cn1nc(C(F)(F)F)cc1-c1cc[nH]c1. The van der Waals surface area contributed by atoms with Crippen molar-refractivity contribution in [1.29, 1.82) is 0 Å². The zero-order chi connectivity index (χ0) is 11.1. The Morgan fingerprint density at radius 3 is 2.60 bits per heavy atom. The smallest absolute Gasteiger partial charge is 0.367 e. The fourth-order valence-corrected chi connectivity index (χ4v) is 1.36. The molecule has 0 saturated carbocycles. The van der Waals surface area contributed by atoms with Crippen LogP contribution in [0.2, 0.25) is 0 Å². The summed E-state index contributed by atoms with van der Waals surface area (Å²) in [4.78, 5) is 2.78. The van der Waals surface area contributed by atoms with Crippen molar-refractivity contribution in [1.82, 2.24) is 14.8 Å². The summed E-state index contributed by atoms with van der Waals surface area (Å²) in [5, 5.41) is 3.42. The Bertz CT molecular complexity index is 453. The molecule has 1 N–H and O–H groups in total. The Balaban J connectivity index is 2.47. The molecule has 15 heavy (non-hydrogen) atoms. The van der Waals surface area contributed by atoms with Crippen LogP contribution in [0.3, 0.4) is 0 Å². The van der Waals surface area contributed by atoms with E-state index in [1.54, 1.807) is 18.5 Å². The number of halogens is 3. The molecule has 2 rings (SSSR count). The summed E-state index contributed by atoms with van der Waals surface area (Å²) >= 11 is 0. The summed E-state index contributed by atoms with van der Waals surface area (Å²) in [6.07, 6.45) is -1.13. The third kappa shape index (κ3) is 1.74. The summed E-state index contributed by atoms with van der Waals surface area (Å²) in [5.74, 6) is 0. The van der Waals surface area contributed by atoms with Gasteiger partial charge in [-0.25, -0.2) is 0 Å². The minimum absolute atomic E-state index is 0.434. The first kappa shape index (κ1) is 9.82. The molecule has 0 aliphatic rings. The predicted molar refractivity (Wildman–Crippen MR) is 48.0 cm³/mol. The maximum absolute atomic E-state index is 12.3. The molecule has 0 saturated heterocycles. The minimum Gasteiger partial charge on any atom is -0.367 e. The lowest BCUT2D eigenvalue weighted by molar-refractivity contribution is -0.141. The van der Waals surface area contributed by atoms with Crippen LogP contribution in [0.1, 0.15) is 5.69 Å². The van der Waals surface area contributed by atoms with E-state index in [0.29, 0.717) is 11.3 Å². The Hall–Kier alpha value is -1.72. The van der Waals surface area contributed by atoms with Gasteiger partial charge in [-0.2, -0.15) is 18.3 Å². The molecule has 0 aliphatic carbocycles. The highest BCUT2D eigenvalue weighted by atomic mass is 19.4. The fourth-order valence-electron chi connectivity index (χ4n) is 1.36. The molecule has 0 aromatic carbocycles. The average molecular weight is 215 g/mol. The Labute approximate surface area is 83.5 Å². The Morgan fingerprint density at radius 2 is 2.13 bits per heavy atom. The highest BCUT2D eigenvalue weighted by Crippen LogP contribution is 2.31. The van der Waals surface area contributed by atoms with E-state index in [4.69, 9.17) is 0 Å². The molecule has 0 radical (unpaired) electrons. The van der Waals surface area contributed by atoms with Crippen LogP contribution in [0.15, 0.2) is 24.5 Å². The minimum atomic E-state index is -4.40. The van der Waals surface area contributed by atoms with Crippen LogP contribution in [0.25, 0.3) is 11.3 Å². The molecular weight excluding hydrogens is 207 g/mol. The van der Waals surface area contributed by atoms with Gasteiger partial charge in [-0.15, -0.1) is 0 Å². The maximum Gasteiger partial charge on any atom is 0.435 e. The number of aromatic nitrogens is 3. The van der Waals surface area contributed by atoms with Gasteiger partial charge in [0.05, 0.1) is 5.69 Å². The van der Waals surface area contributed by atoms with E-state index < -0.39 is 11.9 Å². The molecule has 80 valence electrons. The molecule has 0 amide bonds. The Morgan fingerprint density at radius 1 is 1.40 bits per heavy atom. The molecule has 3 nitrogen and oxygen atoms in total. The normalized spacial score (nSPS) is 12.0. The lowest BCUT2D eigenvalue weighted by atomic mass is 10.2. The van der Waals surface area contributed by atoms with Crippen molar-refractivity contribution >= 4 is 0 Å². The number of hydrogen-bond donors (Lipinski definition) is 1. The molecule has 0 spiro atoms. The molecule has 6 heteroatoms. The topological polar surface area (TPSA) is 33.6 Å². The van der Waals surface area contributed by atoms with E-state index in [2.05, 4.69) is 10.1 Å². The zero-order valence-electron chi connectivity index (χ0n) is 7.84. The standard InChI is InChI=1S/C9H8F3N3/c1-15-7(6-2-3-13-5-6)4-8(14-15)9(10,11)12/h2-5,13H,1H3. The molecule has 0 aliphatic heterocycles. The van der Waals surface area contributed by atoms with Crippen LogP contribution < -0.4 is 0 Å². The van der Waals surface area contributed by atoms with Crippen molar-refractivity contribution < 1.29 is 13.2 Å². The van der Waals surface area contributed by atoms with Gasteiger partial charge in [0.1, 0.15) is 0 Å². The summed E-state index contributed by atoms with van der Waals surface area (Å²) in [6.45, 7) is 0. The largest absolute Gasteiger partial charge is 0.435 e. The molecule has 0 atom stereocenters. The first-order chi connectivity index (χ1) is 6.98. The first-order valence-corrected chi connectivity index (χ1v) is 4.23. The molecule has 2 aromatic rings. The van der Waals surface area contributed by atoms with Gasteiger partial charge in [0.25, 0.3) is 0 Å². The third-order valence-electron chi connectivity index (χ3n) is 2.06. The van der Waals surface area contributed by atoms with Gasteiger partial charge < -0.3 is 4.98 Å². The monoisotopic (exact) mass is 215 g/mol. The molecule has 0 bridgehead atoms. The Kier molecular flexibility index (Phi) is 2.06. The highest BCUT2D eigenvalue weighted by molar-refractivity contribution is 5.59. The van der Waals surface area contributed by atoms with Gasteiger partial charge in [0.15, 0.2) is 5.69 Å². The van der Waals surface area contributed by atoms with Crippen molar-refractivity contribution in [3.8, 4) is 11.3 Å². The number of nitrogens with one attached hydrogen (secondary N) is 1. The molecule has 2 aromatic heterocycles. The van der Waals surface area contributed by atoms with E-state index >= 15 is 0 Å². The van der Waals surface area contributed by atoms with Crippen molar-refractivity contribution in [2.75, 3.05) is 0 Å². The lowest BCUT2D eigenvalue weighted by Gasteiger charge is -1.98. The van der Waals surface area contributed by atoms with Crippen LogP contribution in [-0.2, 0) is 13.2 Å². The predicted octanol–water partition coefficient (Wildman–Crippen LogP) is 2.43. The van der Waals surface area contributed by atoms with E-state index in [-0.39, 0.29) is 0 Å².